The highest BCUT2D eigenvalue weighted by Crippen LogP contribution is 2.18. The lowest BCUT2D eigenvalue weighted by atomic mass is 10.0. The Labute approximate surface area is 124 Å². The van der Waals surface area contributed by atoms with Crippen molar-refractivity contribution in [2.24, 2.45) is 0 Å². The number of hydrogen-bond donors (Lipinski definition) is 1. The minimum absolute atomic E-state index is 0.378. The van der Waals surface area contributed by atoms with E-state index >= 15 is 0 Å². The summed E-state index contributed by atoms with van der Waals surface area (Å²) in [6.07, 6.45) is 0.730. The van der Waals surface area contributed by atoms with Crippen molar-refractivity contribution < 1.29 is 8.78 Å². The fraction of sp³-hybridized carbons (Fsp3) is 0.222. The molecule has 0 aliphatic carbocycles. The maximum Gasteiger partial charge on any atom is 0.268 e. The van der Waals surface area contributed by atoms with Crippen LogP contribution in [0.1, 0.15) is 17.5 Å². The van der Waals surface area contributed by atoms with Crippen LogP contribution in [0.3, 0.4) is 0 Å². The molecule has 0 aromatic heterocycles. The topological polar surface area (TPSA) is 12.0 Å². The van der Waals surface area contributed by atoms with Crippen LogP contribution in [0.2, 0.25) is 0 Å². The molecule has 0 saturated heterocycles. The SMILES string of the molecule is Cc1ccccc1N[C@H](C=C(F)F)CCc1ccccc1. The van der Waals surface area contributed by atoms with E-state index in [1.54, 1.807) is 0 Å². The Balaban J connectivity index is 2.05. The van der Waals surface area contributed by atoms with E-state index < -0.39 is 6.08 Å². The average Bonchev–Trinajstić information content (AvgIpc) is 2.48. The zero-order valence-electron chi connectivity index (χ0n) is 12.0. The first-order valence-electron chi connectivity index (χ1n) is 7.04. The van der Waals surface area contributed by atoms with Gasteiger partial charge in [-0.25, -0.2) is 0 Å². The Morgan fingerprint density at radius 1 is 1.05 bits per heavy atom. The number of hydrogen-bond acceptors (Lipinski definition) is 1. The van der Waals surface area contributed by atoms with Crippen molar-refractivity contribution in [3.63, 3.8) is 0 Å². The molecule has 0 unspecified atom stereocenters. The second kappa shape index (κ2) is 7.58. The Hall–Kier alpha value is -2.16. The van der Waals surface area contributed by atoms with Gasteiger partial charge in [0, 0.05) is 11.8 Å². The van der Waals surface area contributed by atoms with Gasteiger partial charge in [-0.2, -0.15) is 8.78 Å². The van der Waals surface area contributed by atoms with Gasteiger partial charge in [0.1, 0.15) is 0 Å². The number of para-hydroxylation sites is 1. The first-order chi connectivity index (χ1) is 10.1. The summed E-state index contributed by atoms with van der Waals surface area (Å²) in [6.45, 7) is 1.96. The summed E-state index contributed by atoms with van der Waals surface area (Å²) in [6, 6.07) is 17.2. The number of rotatable bonds is 6. The largest absolute Gasteiger partial charge is 0.378 e. The monoisotopic (exact) mass is 287 g/mol. The zero-order chi connectivity index (χ0) is 15.1. The first-order valence-corrected chi connectivity index (χ1v) is 7.04. The quantitative estimate of drug-likeness (QED) is 0.771. The molecule has 1 N–H and O–H groups in total. The van der Waals surface area contributed by atoms with E-state index in [0.717, 1.165) is 29.3 Å². The van der Waals surface area contributed by atoms with Crippen molar-refractivity contribution in [2.75, 3.05) is 5.32 Å². The van der Waals surface area contributed by atoms with E-state index in [2.05, 4.69) is 5.32 Å². The summed E-state index contributed by atoms with van der Waals surface area (Å²) >= 11 is 0. The van der Waals surface area contributed by atoms with Crippen LogP contribution in [0.5, 0.6) is 0 Å². The van der Waals surface area contributed by atoms with Gasteiger partial charge in [0.25, 0.3) is 6.08 Å². The molecule has 0 fully saturated rings. The molecular formula is C18H19F2N. The van der Waals surface area contributed by atoms with Crippen LogP contribution < -0.4 is 5.32 Å². The highest BCUT2D eigenvalue weighted by atomic mass is 19.3. The molecule has 0 aliphatic heterocycles. The van der Waals surface area contributed by atoms with Gasteiger partial charge >= 0.3 is 0 Å². The van der Waals surface area contributed by atoms with E-state index in [1.165, 1.54) is 0 Å². The molecule has 0 spiro atoms. The molecule has 0 bridgehead atoms. The van der Waals surface area contributed by atoms with Gasteiger partial charge in [0.2, 0.25) is 0 Å². The Kier molecular flexibility index (Phi) is 5.50. The van der Waals surface area contributed by atoms with Gasteiger partial charge in [-0.05, 0) is 37.0 Å². The van der Waals surface area contributed by atoms with Gasteiger partial charge in [-0.1, -0.05) is 48.5 Å². The van der Waals surface area contributed by atoms with E-state index in [1.807, 2.05) is 61.5 Å². The van der Waals surface area contributed by atoms with Crippen molar-refractivity contribution in [3.8, 4) is 0 Å². The summed E-state index contributed by atoms with van der Waals surface area (Å²) in [5.74, 6) is 0. The van der Waals surface area contributed by atoms with Gasteiger partial charge in [-0.3, -0.25) is 0 Å². The molecule has 2 aromatic rings. The van der Waals surface area contributed by atoms with Crippen LogP contribution in [0.25, 0.3) is 0 Å². The lowest BCUT2D eigenvalue weighted by Gasteiger charge is -2.17. The molecule has 1 atom stereocenters. The highest BCUT2D eigenvalue weighted by Gasteiger charge is 2.09. The molecule has 110 valence electrons. The standard InChI is InChI=1S/C18H19F2N/c1-14-7-5-6-10-17(14)21-16(13-18(19)20)12-11-15-8-3-2-4-9-15/h2-10,13,16,21H,11-12H2,1H3/t16-/m0/s1. The van der Waals surface area contributed by atoms with Crippen LogP contribution in [-0.4, -0.2) is 6.04 Å². The van der Waals surface area contributed by atoms with Crippen molar-refractivity contribution in [1.29, 1.82) is 0 Å². The maximum absolute atomic E-state index is 12.6. The predicted molar refractivity (Wildman–Crippen MR) is 83.7 cm³/mol. The summed E-state index contributed by atoms with van der Waals surface area (Å²) < 4.78 is 25.3. The van der Waals surface area contributed by atoms with Crippen molar-refractivity contribution in [3.05, 3.63) is 77.9 Å². The number of aryl methyl sites for hydroxylation is 2. The van der Waals surface area contributed by atoms with Crippen molar-refractivity contribution in [2.45, 2.75) is 25.8 Å². The third-order valence-electron chi connectivity index (χ3n) is 3.40. The average molecular weight is 287 g/mol. The third-order valence-corrected chi connectivity index (χ3v) is 3.40. The Morgan fingerprint density at radius 2 is 1.71 bits per heavy atom. The summed E-state index contributed by atoms with van der Waals surface area (Å²) in [5, 5.41) is 3.19. The Bertz CT molecular complexity index is 589. The fourth-order valence-electron chi connectivity index (χ4n) is 2.25. The van der Waals surface area contributed by atoms with E-state index in [9.17, 15) is 8.78 Å². The van der Waals surface area contributed by atoms with Gasteiger partial charge in [0.05, 0.1) is 6.04 Å². The number of nitrogens with one attached hydrogen (secondary N) is 1. The van der Waals surface area contributed by atoms with Crippen LogP contribution in [0.15, 0.2) is 66.8 Å². The molecule has 2 rings (SSSR count). The molecular weight excluding hydrogens is 268 g/mol. The van der Waals surface area contributed by atoms with Gasteiger partial charge in [-0.15, -0.1) is 0 Å². The van der Waals surface area contributed by atoms with Crippen LogP contribution >= 0.6 is 0 Å². The van der Waals surface area contributed by atoms with E-state index in [0.29, 0.717) is 6.42 Å². The van der Waals surface area contributed by atoms with Crippen LogP contribution in [-0.2, 0) is 6.42 Å². The Morgan fingerprint density at radius 3 is 2.38 bits per heavy atom. The van der Waals surface area contributed by atoms with Gasteiger partial charge in [0.15, 0.2) is 0 Å². The molecule has 0 aliphatic rings. The smallest absolute Gasteiger partial charge is 0.268 e. The molecule has 0 heterocycles. The summed E-state index contributed by atoms with van der Waals surface area (Å²) in [5.41, 5.74) is 3.10. The van der Waals surface area contributed by atoms with Crippen molar-refractivity contribution in [1.82, 2.24) is 0 Å². The summed E-state index contributed by atoms with van der Waals surface area (Å²) in [7, 11) is 0. The van der Waals surface area contributed by atoms with Gasteiger partial charge < -0.3 is 5.32 Å². The lowest BCUT2D eigenvalue weighted by Crippen LogP contribution is -2.18. The normalized spacial score (nSPS) is 11.8. The number of anilines is 1. The predicted octanol–water partition coefficient (Wildman–Crippen LogP) is 5.19. The number of benzene rings is 2. The molecule has 1 nitrogen and oxygen atoms in total. The number of halogens is 2. The molecule has 0 amide bonds. The lowest BCUT2D eigenvalue weighted by molar-refractivity contribution is 0.415. The van der Waals surface area contributed by atoms with E-state index in [4.69, 9.17) is 0 Å². The molecule has 21 heavy (non-hydrogen) atoms. The minimum Gasteiger partial charge on any atom is -0.378 e. The highest BCUT2D eigenvalue weighted by molar-refractivity contribution is 5.51. The summed E-state index contributed by atoms with van der Waals surface area (Å²) in [4.78, 5) is 0. The fourth-order valence-corrected chi connectivity index (χ4v) is 2.25. The maximum atomic E-state index is 12.6. The minimum atomic E-state index is -1.64. The second-order valence-electron chi connectivity index (χ2n) is 5.05. The molecule has 0 radical (unpaired) electrons. The van der Waals surface area contributed by atoms with Crippen LogP contribution in [0.4, 0.5) is 14.5 Å². The molecule has 3 heteroatoms. The third kappa shape index (κ3) is 5.03. The second-order valence-corrected chi connectivity index (χ2v) is 5.05. The molecule has 2 aromatic carbocycles. The molecule has 0 saturated carbocycles. The van der Waals surface area contributed by atoms with Crippen molar-refractivity contribution >= 4 is 5.69 Å². The van der Waals surface area contributed by atoms with E-state index in [-0.39, 0.29) is 6.04 Å². The zero-order valence-corrected chi connectivity index (χ0v) is 12.0. The van der Waals surface area contributed by atoms with Crippen LogP contribution in [0, 0.1) is 6.92 Å². The first kappa shape index (κ1) is 15.2.